The lowest BCUT2D eigenvalue weighted by atomic mass is 10.1. The van der Waals surface area contributed by atoms with Gasteiger partial charge >= 0.3 is 0 Å². The number of aldehydes is 1. The van der Waals surface area contributed by atoms with E-state index >= 15 is 0 Å². The number of benzene rings is 1. The molecule has 0 aromatic heterocycles. The van der Waals surface area contributed by atoms with E-state index in [0.29, 0.717) is 30.2 Å². The molecule has 16 heavy (non-hydrogen) atoms. The summed E-state index contributed by atoms with van der Waals surface area (Å²) in [7, 11) is 0. The summed E-state index contributed by atoms with van der Waals surface area (Å²) in [5, 5.41) is 0. The van der Waals surface area contributed by atoms with Crippen LogP contribution in [-0.4, -0.2) is 19.7 Å². The van der Waals surface area contributed by atoms with E-state index in [0.717, 1.165) is 5.56 Å². The maximum absolute atomic E-state index is 10.5. The van der Waals surface area contributed by atoms with Crippen LogP contribution in [0.3, 0.4) is 0 Å². The van der Waals surface area contributed by atoms with Gasteiger partial charge in [0, 0.05) is 11.6 Å². The summed E-state index contributed by atoms with van der Waals surface area (Å²) in [4.78, 5) is 10.5. The van der Waals surface area contributed by atoms with Crippen LogP contribution in [-0.2, 0) is 9.53 Å². The summed E-state index contributed by atoms with van der Waals surface area (Å²) in [5.41, 5.74) is 0.804. The average molecular weight is 220 g/mol. The van der Waals surface area contributed by atoms with Gasteiger partial charge in [0.25, 0.3) is 0 Å². The number of allylic oxidation sites excluding steroid dienone is 1. The minimum absolute atomic E-state index is 0.236. The molecule has 0 atom stereocenters. The van der Waals surface area contributed by atoms with Gasteiger partial charge in [-0.2, -0.15) is 0 Å². The van der Waals surface area contributed by atoms with Crippen molar-refractivity contribution in [2.24, 2.45) is 0 Å². The smallest absolute Gasteiger partial charge is 0.231 e. The largest absolute Gasteiger partial charge is 0.493 e. The van der Waals surface area contributed by atoms with Crippen molar-refractivity contribution >= 4 is 12.0 Å². The predicted molar refractivity (Wildman–Crippen MR) is 58.2 cm³/mol. The summed E-state index contributed by atoms with van der Waals surface area (Å²) < 4.78 is 15.8. The maximum atomic E-state index is 10.5. The van der Waals surface area contributed by atoms with Crippen LogP contribution < -0.4 is 9.47 Å². The SMILES string of the molecule is CCO/C(=C/C=O)c1ccc2c(c1)OCO2. The van der Waals surface area contributed by atoms with E-state index in [2.05, 4.69) is 0 Å². The standard InChI is InChI=1S/C12H12O4/c1-2-14-10(5-6-13)9-3-4-11-12(7-9)16-8-15-11/h3-7H,2,8H2,1H3/b10-5+. The monoisotopic (exact) mass is 220 g/mol. The van der Waals surface area contributed by atoms with Crippen LogP contribution in [0.5, 0.6) is 11.5 Å². The topological polar surface area (TPSA) is 44.8 Å². The second-order valence-corrected chi connectivity index (χ2v) is 3.17. The van der Waals surface area contributed by atoms with Gasteiger partial charge in [-0.3, -0.25) is 4.79 Å². The molecule has 0 fully saturated rings. The Hall–Kier alpha value is -1.97. The summed E-state index contributed by atoms with van der Waals surface area (Å²) in [5.74, 6) is 1.93. The molecule has 1 aliphatic heterocycles. The van der Waals surface area contributed by atoms with Crippen molar-refractivity contribution in [3.63, 3.8) is 0 Å². The fourth-order valence-corrected chi connectivity index (χ4v) is 1.49. The molecule has 0 unspecified atom stereocenters. The van der Waals surface area contributed by atoms with Gasteiger partial charge in [-0.25, -0.2) is 0 Å². The molecule has 1 heterocycles. The predicted octanol–water partition coefficient (Wildman–Crippen LogP) is 1.99. The van der Waals surface area contributed by atoms with E-state index in [1.807, 2.05) is 13.0 Å². The van der Waals surface area contributed by atoms with Crippen LogP contribution in [0.15, 0.2) is 24.3 Å². The highest BCUT2D eigenvalue weighted by molar-refractivity contribution is 5.79. The van der Waals surface area contributed by atoms with Crippen molar-refractivity contribution in [3.8, 4) is 11.5 Å². The maximum Gasteiger partial charge on any atom is 0.231 e. The molecule has 0 aliphatic carbocycles. The first-order valence-corrected chi connectivity index (χ1v) is 5.03. The van der Waals surface area contributed by atoms with Crippen molar-refractivity contribution in [3.05, 3.63) is 29.8 Å². The molecule has 0 saturated heterocycles. The van der Waals surface area contributed by atoms with Crippen molar-refractivity contribution in [2.75, 3.05) is 13.4 Å². The van der Waals surface area contributed by atoms with E-state index in [4.69, 9.17) is 14.2 Å². The van der Waals surface area contributed by atoms with Gasteiger partial charge in [-0.1, -0.05) is 0 Å². The Morgan fingerprint density at radius 2 is 2.25 bits per heavy atom. The van der Waals surface area contributed by atoms with E-state index in [9.17, 15) is 4.79 Å². The number of carbonyl (C=O) groups is 1. The van der Waals surface area contributed by atoms with Crippen molar-refractivity contribution < 1.29 is 19.0 Å². The zero-order chi connectivity index (χ0) is 11.4. The number of hydrogen-bond donors (Lipinski definition) is 0. The molecule has 0 amide bonds. The molecule has 2 rings (SSSR count). The van der Waals surface area contributed by atoms with Crippen molar-refractivity contribution in [1.82, 2.24) is 0 Å². The van der Waals surface area contributed by atoms with Crippen molar-refractivity contribution in [1.29, 1.82) is 0 Å². The van der Waals surface area contributed by atoms with Gasteiger partial charge in [0.1, 0.15) is 12.0 Å². The Labute approximate surface area is 93.4 Å². The molecule has 1 aromatic rings. The number of ether oxygens (including phenoxy) is 3. The normalized spacial score (nSPS) is 13.7. The third kappa shape index (κ3) is 2.00. The third-order valence-electron chi connectivity index (χ3n) is 2.18. The molecule has 0 bridgehead atoms. The number of fused-ring (bicyclic) bond motifs is 1. The first kappa shape index (κ1) is 10.5. The van der Waals surface area contributed by atoms with E-state index in [1.54, 1.807) is 12.1 Å². The molecule has 0 spiro atoms. The van der Waals surface area contributed by atoms with Crippen LogP contribution in [0.2, 0.25) is 0 Å². The molecular weight excluding hydrogens is 208 g/mol. The van der Waals surface area contributed by atoms with Crippen molar-refractivity contribution in [2.45, 2.75) is 6.92 Å². The highest BCUT2D eigenvalue weighted by atomic mass is 16.7. The molecule has 4 nitrogen and oxygen atoms in total. The Kier molecular flexibility index (Phi) is 3.10. The number of rotatable bonds is 4. The summed E-state index contributed by atoms with van der Waals surface area (Å²) in [6.45, 7) is 2.61. The van der Waals surface area contributed by atoms with Gasteiger partial charge < -0.3 is 14.2 Å². The lowest BCUT2D eigenvalue weighted by Crippen LogP contribution is -1.93. The van der Waals surface area contributed by atoms with Gasteiger partial charge in [0.2, 0.25) is 6.79 Å². The molecule has 4 heteroatoms. The quantitative estimate of drug-likeness (QED) is 0.442. The zero-order valence-electron chi connectivity index (χ0n) is 8.93. The van der Waals surface area contributed by atoms with E-state index in [1.165, 1.54) is 6.08 Å². The fourth-order valence-electron chi connectivity index (χ4n) is 1.49. The highest BCUT2D eigenvalue weighted by Gasteiger charge is 2.14. The Morgan fingerprint density at radius 1 is 1.44 bits per heavy atom. The summed E-state index contributed by atoms with van der Waals surface area (Å²) >= 11 is 0. The molecular formula is C12H12O4. The molecule has 1 aliphatic rings. The van der Waals surface area contributed by atoms with Crippen LogP contribution in [0.1, 0.15) is 12.5 Å². The molecule has 1 aromatic carbocycles. The van der Waals surface area contributed by atoms with E-state index < -0.39 is 0 Å². The lowest BCUT2D eigenvalue weighted by molar-refractivity contribution is -0.104. The van der Waals surface area contributed by atoms with E-state index in [-0.39, 0.29) is 6.79 Å². The van der Waals surface area contributed by atoms with Gasteiger partial charge in [-0.05, 0) is 25.1 Å². The van der Waals surface area contributed by atoms with Crippen LogP contribution in [0.4, 0.5) is 0 Å². The highest BCUT2D eigenvalue weighted by Crippen LogP contribution is 2.34. The molecule has 0 saturated carbocycles. The second kappa shape index (κ2) is 4.70. The third-order valence-corrected chi connectivity index (χ3v) is 2.18. The Morgan fingerprint density at radius 3 is 3.00 bits per heavy atom. The zero-order valence-corrected chi connectivity index (χ0v) is 8.93. The van der Waals surface area contributed by atoms with Crippen LogP contribution in [0.25, 0.3) is 5.76 Å². The second-order valence-electron chi connectivity index (χ2n) is 3.17. The summed E-state index contributed by atoms with van der Waals surface area (Å²) in [6.07, 6.45) is 2.09. The number of carbonyl (C=O) groups excluding carboxylic acids is 1. The average Bonchev–Trinajstić information content (AvgIpc) is 2.75. The summed E-state index contributed by atoms with van der Waals surface area (Å²) in [6, 6.07) is 5.43. The van der Waals surface area contributed by atoms with Crippen LogP contribution >= 0.6 is 0 Å². The molecule has 0 radical (unpaired) electrons. The van der Waals surface area contributed by atoms with Gasteiger partial charge in [0.05, 0.1) is 6.61 Å². The first-order valence-electron chi connectivity index (χ1n) is 5.03. The van der Waals surface area contributed by atoms with Gasteiger partial charge in [0.15, 0.2) is 11.5 Å². The Balaban J connectivity index is 2.31. The minimum atomic E-state index is 0.236. The minimum Gasteiger partial charge on any atom is -0.493 e. The lowest BCUT2D eigenvalue weighted by Gasteiger charge is -2.08. The fraction of sp³-hybridized carbons (Fsp3) is 0.250. The number of hydrogen-bond acceptors (Lipinski definition) is 4. The molecule has 84 valence electrons. The first-order chi connectivity index (χ1) is 7.85. The van der Waals surface area contributed by atoms with Crippen LogP contribution in [0, 0.1) is 0 Å². The Bertz CT molecular complexity index is 423. The van der Waals surface area contributed by atoms with Gasteiger partial charge in [-0.15, -0.1) is 0 Å². The molecule has 0 N–H and O–H groups in total.